The van der Waals surface area contributed by atoms with E-state index in [2.05, 4.69) is 0 Å². The number of rotatable bonds is 3. The molecule has 0 bridgehead atoms. The van der Waals surface area contributed by atoms with Crippen LogP contribution in [0.2, 0.25) is 0 Å². The summed E-state index contributed by atoms with van der Waals surface area (Å²) in [6.07, 6.45) is 0. The van der Waals surface area contributed by atoms with Gasteiger partial charge in [-0.25, -0.2) is 0 Å². The number of hydrogen-bond acceptors (Lipinski definition) is 3. The van der Waals surface area contributed by atoms with Crippen LogP contribution in [0.15, 0.2) is 24.3 Å². The highest BCUT2D eigenvalue weighted by molar-refractivity contribution is 6.17. The highest BCUT2D eigenvalue weighted by atomic mass is 16.5. The summed E-state index contributed by atoms with van der Waals surface area (Å²) in [5.41, 5.74) is 0. The highest BCUT2D eigenvalue weighted by Gasteiger charge is 1.95. The predicted octanol–water partition coefficient (Wildman–Crippen LogP) is 0.600. The number of ether oxygens (including phenoxy) is 1. The van der Waals surface area contributed by atoms with E-state index in [-0.39, 0.29) is 0 Å². The van der Waals surface area contributed by atoms with Crippen LogP contribution in [0.3, 0.4) is 0 Å². The minimum absolute atomic E-state index is 0.548. The number of hydrogen-bond donors (Lipinski definition) is 1. The van der Waals surface area contributed by atoms with Gasteiger partial charge in [0.1, 0.15) is 11.5 Å². The fraction of sp³-hybridized carbons (Fsp3) is 0.143. The van der Waals surface area contributed by atoms with E-state index >= 15 is 0 Å². The first-order valence-corrected chi connectivity index (χ1v) is 3.13. The minimum atomic E-state index is 0.548. The van der Waals surface area contributed by atoms with Gasteiger partial charge in [-0.15, -0.1) is 0 Å². The third-order valence-corrected chi connectivity index (χ3v) is 1.23. The van der Waals surface area contributed by atoms with E-state index in [1.165, 1.54) is 0 Å². The predicted molar refractivity (Wildman–Crippen MR) is 41.6 cm³/mol. The molecule has 0 heterocycles. The Morgan fingerprint density at radius 1 is 1.36 bits per heavy atom. The van der Waals surface area contributed by atoms with Crippen molar-refractivity contribution >= 4 is 7.69 Å². The molecule has 0 unspecified atom stereocenters. The Balaban J connectivity index is 2.74. The van der Waals surface area contributed by atoms with Crippen LogP contribution >= 0.6 is 0 Å². The van der Waals surface area contributed by atoms with Gasteiger partial charge in [-0.2, -0.15) is 0 Å². The van der Waals surface area contributed by atoms with Gasteiger partial charge in [-0.1, -0.05) is 6.07 Å². The second kappa shape index (κ2) is 3.88. The first-order chi connectivity index (χ1) is 5.36. The topological polar surface area (TPSA) is 38.7 Å². The monoisotopic (exact) mass is 151 g/mol. The summed E-state index contributed by atoms with van der Waals surface area (Å²) in [6.45, 7) is 0. The van der Waals surface area contributed by atoms with Crippen molar-refractivity contribution < 1.29 is 14.4 Å². The van der Waals surface area contributed by atoms with Crippen LogP contribution < -0.4 is 9.39 Å². The van der Waals surface area contributed by atoms with Gasteiger partial charge in [-0.3, -0.25) is 0 Å². The van der Waals surface area contributed by atoms with Crippen LogP contribution in [0.25, 0.3) is 0 Å². The van der Waals surface area contributed by atoms with E-state index in [4.69, 9.17) is 14.4 Å². The standard InChI is InChI=1S/C7H8BO3/c1-10-6-3-2-4-7(5-6)11-8-9/h2-5,9H,1H3. The van der Waals surface area contributed by atoms with Crippen molar-refractivity contribution in [1.29, 1.82) is 0 Å². The fourth-order valence-corrected chi connectivity index (χ4v) is 0.735. The zero-order chi connectivity index (χ0) is 8.10. The van der Waals surface area contributed by atoms with E-state index in [1.54, 1.807) is 31.4 Å². The van der Waals surface area contributed by atoms with Crippen LogP contribution in [0.1, 0.15) is 0 Å². The molecule has 1 N–H and O–H groups in total. The van der Waals surface area contributed by atoms with Crippen molar-refractivity contribution in [3.05, 3.63) is 24.3 Å². The zero-order valence-corrected chi connectivity index (χ0v) is 6.15. The van der Waals surface area contributed by atoms with E-state index in [1.807, 2.05) is 0 Å². The van der Waals surface area contributed by atoms with Gasteiger partial charge < -0.3 is 14.4 Å². The van der Waals surface area contributed by atoms with Crippen molar-refractivity contribution in [2.45, 2.75) is 0 Å². The van der Waals surface area contributed by atoms with Crippen molar-refractivity contribution in [2.75, 3.05) is 7.11 Å². The third kappa shape index (κ3) is 2.16. The molecule has 0 saturated heterocycles. The summed E-state index contributed by atoms with van der Waals surface area (Å²) in [6, 6.07) is 6.96. The lowest BCUT2D eigenvalue weighted by Crippen LogP contribution is -1.99. The summed E-state index contributed by atoms with van der Waals surface area (Å²) in [5, 5.41) is 8.30. The third-order valence-electron chi connectivity index (χ3n) is 1.23. The molecule has 1 aromatic carbocycles. The number of benzene rings is 1. The Hall–Kier alpha value is -1.16. The summed E-state index contributed by atoms with van der Waals surface area (Å²) in [5.74, 6) is 1.25. The lowest BCUT2D eigenvalue weighted by molar-refractivity contribution is 0.409. The van der Waals surface area contributed by atoms with Gasteiger partial charge in [0.05, 0.1) is 7.11 Å². The van der Waals surface area contributed by atoms with Crippen molar-refractivity contribution in [3.63, 3.8) is 0 Å². The highest BCUT2D eigenvalue weighted by Crippen LogP contribution is 2.17. The molecule has 0 amide bonds. The molecule has 0 aliphatic carbocycles. The smallest absolute Gasteiger partial charge is 0.537 e. The normalized spacial score (nSPS) is 8.91. The fourth-order valence-electron chi connectivity index (χ4n) is 0.735. The molecule has 1 radical (unpaired) electrons. The first-order valence-electron chi connectivity index (χ1n) is 3.13. The Morgan fingerprint density at radius 2 is 2.09 bits per heavy atom. The molecule has 0 atom stereocenters. The molecule has 3 nitrogen and oxygen atoms in total. The Labute approximate surface area is 65.9 Å². The lowest BCUT2D eigenvalue weighted by Gasteiger charge is -2.02. The summed E-state index contributed by atoms with van der Waals surface area (Å²) in [7, 11) is 2.20. The maximum absolute atomic E-state index is 8.30. The zero-order valence-electron chi connectivity index (χ0n) is 6.15. The second-order valence-corrected chi connectivity index (χ2v) is 1.90. The number of methoxy groups -OCH3 is 1. The summed E-state index contributed by atoms with van der Waals surface area (Å²) >= 11 is 0. The van der Waals surface area contributed by atoms with Gasteiger partial charge in [0.15, 0.2) is 0 Å². The first kappa shape index (κ1) is 7.95. The average molecular weight is 151 g/mol. The molecule has 0 saturated carbocycles. The van der Waals surface area contributed by atoms with Crippen LogP contribution in [0.5, 0.6) is 11.5 Å². The average Bonchev–Trinajstić information content (AvgIpc) is 2.06. The van der Waals surface area contributed by atoms with Gasteiger partial charge in [0, 0.05) is 6.07 Å². The van der Waals surface area contributed by atoms with Gasteiger partial charge in [-0.05, 0) is 12.1 Å². The van der Waals surface area contributed by atoms with Crippen LogP contribution in [0.4, 0.5) is 0 Å². The molecule has 1 aromatic rings. The maximum Gasteiger partial charge on any atom is 0.569 e. The molecule has 11 heavy (non-hydrogen) atoms. The molecule has 57 valence electrons. The van der Waals surface area contributed by atoms with Crippen LogP contribution in [-0.4, -0.2) is 19.8 Å². The van der Waals surface area contributed by atoms with Crippen molar-refractivity contribution in [3.8, 4) is 11.5 Å². The molecule has 0 aromatic heterocycles. The largest absolute Gasteiger partial charge is 0.569 e. The van der Waals surface area contributed by atoms with Crippen LogP contribution in [-0.2, 0) is 0 Å². The molecule has 4 heteroatoms. The van der Waals surface area contributed by atoms with Crippen LogP contribution in [0, 0.1) is 0 Å². The molecule has 0 spiro atoms. The lowest BCUT2D eigenvalue weighted by atomic mass is 10.3. The van der Waals surface area contributed by atoms with E-state index in [0.717, 1.165) is 0 Å². The SMILES string of the molecule is COc1cccc(O[B]O)c1. The quantitative estimate of drug-likeness (QED) is 0.642. The van der Waals surface area contributed by atoms with Gasteiger partial charge in [0.2, 0.25) is 0 Å². The van der Waals surface area contributed by atoms with Gasteiger partial charge >= 0.3 is 7.69 Å². The summed E-state index contributed by atoms with van der Waals surface area (Å²) < 4.78 is 9.62. The molecule has 0 aliphatic heterocycles. The second-order valence-electron chi connectivity index (χ2n) is 1.90. The molecular weight excluding hydrogens is 143 g/mol. The Morgan fingerprint density at radius 3 is 2.73 bits per heavy atom. The minimum Gasteiger partial charge on any atom is -0.537 e. The van der Waals surface area contributed by atoms with Crippen molar-refractivity contribution in [2.24, 2.45) is 0 Å². The van der Waals surface area contributed by atoms with Gasteiger partial charge in [0.25, 0.3) is 0 Å². The van der Waals surface area contributed by atoms with E-state index in [9.17, 15) is 0 Å². The molecular formula is C7H8BO3. The Bertz CT molecular complexity index is 227. The van der Waals surface area contributed by atoms with E-state index in [0.29, 0.717) is 19.2 Å². The molecule has 1 rings (SSSR count). The molecule has 0 fully saturated rings. The van der Waals surface area contributed by atoms with E-state index < -0.39 is 0 Å². The molecule has 0 aliphatic rings. The maximum atomic E-state index is 8.30. The Kier molecular flexibility index (Phi) is 2.80. The summed E-state index contributed by atoms with van der Waals surface area (Å²) in [4.78, 5) is 0. The van der Waals surface area contributed by atoms with Crippen molar-refractivity contribution in [1.82, 2.24) is 0 Å².